The van der Waals surface area contributed by atoms with Crippen LogP contribution in [0.4, 0.5) is 5.69 Å². The average Bonchev–Trinajstić information content (AvgIpc) is 2.53. The molecule has 110 valence electrons. The van der Waals surface area contributed by atoms with Crippen molar-refractivity contribution in [2.24, 2.45) is 5.73 Å². The number of benzene rings is 2. The lowest BCUT2D eigenvalue weighted by Crippen LogP contribution is -2.16. The summed E-state index contributed by atoms with van der Waals surface area (Å²) < 4.78 is 0. The third-order valence-electron chi connectivity index (χ3n) is 3.53. The molecule has 3 heteroatoms. The Balaban J connectivity index is 1.84. The maximum Gasteiger partial charge on any atom is 0.224 e. The predicted molar refractivity (Wildman–Crippen MR) is 87.1 cm³/mol. The van der Waals surface area contributed by atoms with Crippen LogP contribution < -0.4 is 11.1 Å². The Hall–Kier alpha value is -2.13. The second-order valence-electron chi connectivity index (χ2n) is 5.16. The maximum atomic E-state index is 12.0. The number of nitrogens with one attached hydrogen (secondary N) is 1. The van der Waals surface area contributed by atoms with Crippen LogP contribution in [-0.2, 0) is 11.2 Å². The first-order chi connectivity index (χ1) is 10.2. The fourth-order valence-electron chi connectivity index (χ4n) is 2.25. The summed E-state index contributed by atoms with van der Waals surface area (Å²) >= 11 is 0. The summed E-state index contributed by atoms with van der Waals surface area (Å²) in [6.07, 6.45) is 2.03. The molecule has 0 bridgehead atoms. The van der Waals surface area contributed by atoms with Gasteiger partial charge in [0.05, 0.1) is 0 Å². The molecule has 0 aliphatic rings. The number of carbonyl (C=O) groups excluding carboxylic acids is 1. The Kier molecular flexibility index (Phi) is 5.52. The van der Waals surface area contributed by atoms with Crippen LogP contribution in [0.25, 0.3) is 0 Å². The average molecular weight is 282 g/mol. The lowest BCUT2D eigenvalue weighted by Gasteiger charge is -2.12. The molecular formula is C18H22N2O. The first kappa shape index (κ1) is 15.3. The number of anilines is 1. The maximum absolute atomic E-state index is 12.0. The molecule has 0 saturated heterocycles. The van der Waals surface area contributed by atoms with Crippen molar-refractivity contribution in [3.05, 3.63) is 65.7 Å². The van der Waals surface area contributed by atoms with E-state index in [1.807, 2.05) is 48.5 Å². The Morgan fingerprint density at radius 3 is 2.62 bits per heavy atom. The van der Waals surface area contributed by atoms with Crippen molar-refractivity contribution >= 4 is 11.6 Å². The van der Waals surface area contributed by atoms with Gasteiger partial charge < -0.3 is 11.1 Å². The van der Waals surface area contributed by atoms with Crippen molar-refractivity contribution < 1.29 is 4.79 Å². The van der Waals surface area contributed by atoms with Gasteiger partial charge in [0.2, 0.25) is 5.91 Å². The van der Waals surface area contributed by atoms with E-state index >= 15 is 0 Å². The van der Waals surface area contributed by atoms with Crippen molar-refractivity contribution in [1.29, 1.82) is 0 Å². The normalized spacial score (nSPS) is 11.9. The summed E-state index contributed by atoms with van der Waals surface area (Å²) in [4.78, 5) is 12.0. The number of aryl methyl sites for hydroxylation is 1. The van der Waals surface area contributed by atoms with Crippen LogP contribution in [0.15, 0.2) is 54.6 Å². The lowest BCUT2D eigenvalue weighted by molar-refractivity contribution is -0.116. The molecule has 0 saturated carbocycles. The second-order valence-corrected chi connectivity index (χ2v) is 5.16. The van der Waals surface area contributed by atoms with E-state index < -0.39 is 0 Å². The third kappa shape index (κ3) is 4.72. The predicted octanol–water partition coefficient (Wildman–Crippen LogP) is 3.67. The van der Waals surface area contributed by atoms with E-state index in [4.69, 9.17) is 5.73 Å². The van der Waals surface area contributed by atoms with Gasteiger partial charge in [0.1, 0.15) is 0 Å². The SMILES string of the molecule is CCc1cccc(NC(=O)CCC(N)c2ccccc2)c1. The first-order valence-electron chi connectivity index (χ1n) is 7.38. The summed E-state index contributed by atoms with van der Waals surface area (Å²) in [5.41, 5.74) is 9.24. The molecule has 2 rings (SSSR count). The largest absolute Gasteiger partial charge is 0.326 e. The Labute approximate surface area is 126 Å². The molecule has 1 atom stereocenters. The highest BCUT2D eigenvalue weighted by Gasteiger charge is 2.09. The van der Waals surface area contributed by atoms with E-state index in [-0.39, 0.29) is 11.9 Å². The molecule has 0 heterocycles. The lowest BCUT2D eigenvalue weighted by atomic mass is 10.0. The molecule has 0 aliphatic heterocycles. The fraction of sp³-hybridized carbons (Fsp3) is 0.278. The Bertz CT molecular complexity index is 581. The smallest absolute Gasteiger partial charge is 0.224 e. The molecule has 0 aliphatic carbocycles. The number of carbonyl (C=O) groups is 1. The molecule has 0 radical (unpaired) electrons. The standard InChI is InChI=1S/C18H22N2O/c1-2-14-7-6-10-16(13-14)20-18(21)12-11-17(19)15-8-4-3-5-9-15/h3-10,13,17H,2,11-12,19H2,1H3,(H,20,21). The van der Waals surface area contributed by atoms with Crippen molar-refractivity contribution in [2.45, 2.75) is 32.2 Å². The van der Waals surface area contributed by atoms with Gasteiger partial charge in [0.15, 0.2) is 0 Å². The molecule has 21 heavy (non-hydrogen) atoms. The molecule has 1 unspecified atom stereocenters. The highest BCUT2D eigenvalue weighted by molar-refractivity contribution is 5.90. The van der Waals surface area contributed by atoms with Crippen LogP contribution in [0.3, 0.4) is 0 Å². The van der Waals surface area contributed by atoms with Crippen LogP contribution in [0.1, 0.15) is 36.9 Å². The number of rotatable bonds is 6. The number of amides is 1. The van der Waals surface area contributed by atoms with Gasteiger partial charge in [-0.2, -0.15) is 0 Å². The zero-order chi connectivity index (χ0) is 15.1. The molecule has 0 aromatic heterocycles. The summed E-state index contributed by atoms with van der Waals surface area (Å²) in [5, 5.41) is 2.93. The molecule has 2 aromatic carbocycles. The quantitative estimate of drug-likeness (QED) is 0.849. The summed E-state index contributed by atoms with van der Waals surface area (Å²) in [6, 6.07) is 17.7. The summed E-state index contributed by atoms with van der Waals surface area (Å²) in [5.74, 6) is 0.00892. The molecule has 0 fully saturated rings. The van der Waals surface area contributed by atoms with Crippen molar-refractivity contribution in [2.75, 3.05) is 5.32 Å². The van der Waals surface area contributed by atoms with E-state index in [9.17, 15) is 4.79 Å². The summed E-state index contributed by atoms with van der Waals surface area (Å²) in [6.45, 7) is 2.10. The topological polar surface area (TPSA) is 55.1 Å². The van der Waals surface area contributed by atoms with Crippen LogP contribution >= 0.6 is 0 Å². The molecule has 2 aromatic rings. The van der Waals surface area contributed by atoms with E-state index in [2.05, 4.69) is 18.3 Å². The van der Waals surface area contributed by atoms with Crippen LogP contribution in [0, 0.1) is 0 Å². The van der Waals surface area contributed by atoms with Gasteiger partial charge in [-0.15, -0.1) is 0 Å². The zero-order valence-corrected chi connectivity index (χ0v) is 12.4. The Morgan fingerprint density at radius 2 is 1.90 bits per heavy atom. The zero-order valence-electron chi connectivity index (χ0n) is 12.4. The number of hydrogen-bond acceptors (Lipinski definition) is 2. The fourth-order valence-corrected chi connectivity index (χ4v) is 2.25. The van der Waals surface area contributed by atoms with E-state index in [0.29, 0.717) is 12.8 Å². The van der Waals surface area contributed by atoms with Crippen LogP contribution in [-0.4, -0.2) is 5.91 Å². The van der Waals surface area contributed by atoms with Gasteiger partial charge in [0.25, 0.3) is 0 Å². The number of nitrogens with two attached hydrogens (primary N) is 1. The molecule has 3 N–H and O–H groups in total. The first-order valence-corrected chi connectivity index (χ1v) is 7.38. The minimum atomic E-state index is -0.0982. The van der Waals surface area contributed by atoms with E-state index in [1.54, 1.807) is 0 Å². The van der Waals surface area contributed by atoms with Crippen LogP contribution in [0.2, 0.25) is 0 Å². The van der Waals surface area contributed by atoms with Gasteiger partial charge in [-0.25, -0.2) is 0 Å². The van der Waals surface area contributed by atoms with Crippen LogP contribution in [0.5, 0.6) is 0 Å². The minimum absolute atomic E-state index is 0.00892. The van der Waals surface area contributed by atoms with Crippen molar-refractivity contribution in [3.8, 4) is 0 Å². The van der Waals surface area contributed by atoms with E-state index in [0.717, 1.165) is 17.7 Å². The van der Waals surface area contributed by atoms with Gasteiger partial charge in [-0.3, -0.25) is 4.79 Å². The highest BCUT2D eigenvalue weighted by atomic mass is 16.1. The van der Waals surface area contributed by atoms with Gasteiger partial charge >= 0.3 is 0 Å². The van der Waals surface area contributed by atoms with Crippen molar-refractivity contribution in [1.82, 2.24) is 0 Å². The molecular weight excluding hydrogens is 260 g/mol. The monoisotopic (exact) mass is 282 g/mol. The van der Waals surface area contributed by atoms with Gasteiger partial charge in [-0.05, 0) is 36.1 Å². The van der Waals surface area contributed by atoms with Gasteiger partial charge in [-0.1, -0.05) is 49.4 Å². The van der Waals surface area contributed by atoms with Gasteiger partial charge in [0, 0.05) is 18.2 Å². The Morgan fingerprint density at radius 1 is 1.14 bits per heavy atom. The highest BCUT2D eigenvalue weighted by Crippen LogP contribution is 2.16. The number of hydrogen-bond donors (Lipinski definition) is 2. The molecule has 0 spiro atoms. The minimum Gasteiger partial charge on any atom is -0.326 e. The molecule has 3 nitrogen and oxygen atoms in total. The third-order valence-corrected chi connectivity index (χ3v) is 3.53. The van der Waals surface area contributed by atoms with Crippen molar-refractivity contribution in [3.63, 3.8) is 0 Å². The van der Waals surface area contributed by atoms with E-state index in [1.165, 1.54) is 5.56 Å². The second kappa shape index (κ2) is 7.60. The molecule has 1 amide bonds. The summed E-state index contributed by atoms with van der Waals surface area (Å²) in [7, 11) is 0.